The maximum Gasteiger partial charge on any atom is 0.300 e. The number of carbonyl (C=O) groups is 2. The molecule has 0 aliphatic carbocycles. The number of nitrogens with zero attached hydrogens (tertiary/aromatic N) is 2. The Balaban J connectivity index is 0.000000511. The number of aryl methyl sites for hydroxylation is 1. The number of rotatable bonds is 2. The van der Waals surface area contributed by atoms with Crippen molar-refractivity contribution in [2.45, 2.75) is 39.3 Å². The van der Waals surface area contributed by atoms with E-state index in [0.29, 0.717) is 41.8 Å². The molecule has 1 aliphatic rings. The van der Waals surface area contributed by atoms with E-state index < -0.39 is 12.0 Å². The summed E-state index contributed by atoms with van der Waals surface area (Å²) in [6.07, 6.45) is 1.23. The number of allylic oxidation sites excluding steroid dienone is 1. The number of fused-ring (bicyclic) bond motifs is 1. The lowest BCUT2D eigenvalue weighted by Crippen LogP contribution is -2.41. The maximum absolute atomic E-state index is 12.7. The minimum atomic E-state index is -0.833. The van der Waals surface area contributed by atoms with Gasteiger partial charge in [-0.25, -0.2) is 4.98 Å². The topological polar surface area (TPSA) is 127 Å². The van der Waals surface area contributed by atoms with Crippen LogP contribution in [-0.4, -0.2) is 26.5 Å². The summed E-state index contributed by atoms with van der Waals surface area (Å²) >= 11 is 1.43. The summed E-state index contributed by atoms with van der Waals surface area (Å²) in [5.74, 6) is -0.500. The lowest BCUT2D eigenvalue weighted by atomic mass is 10.0. The SMILES string of the molecule is C=C1CCC(n2c(C)nc3c(CN)scc3c2=O)C(=O)N1.CC(=O)O. The van der Waals surface area contributed by atoms with Crippen LogP contribution >= 0.6 is 11.3 Å². The number of hydrogen-bond acceptors (Lipinski definition) is 6. The first-order valence-electron chi connectivity index (χ1n) is 7.63. The average molecular weight is 364 g/mol. The number of amides is 1. The number of thiophene rings is 1. The number of hydrogen-bond donors (Lipinski definition) is 3. The first-order valence-corrected chi connectivity index (χ1v) is 8.51. The van der Waals surface area contributed by atoms with Gasteiger partial charge in [0.15, 0.2) is 0 Å². The van der Waals surface area contributed by atoms with E-state index in [0.717, 1.165) is 11.8 Å². The third-order valence-corrected chi connectivity index (χ3v) is 4.73. The molecule has 0 aromatic carbocycles. The van der Waals surface area contributed by atoms with Gasteiger partial charge < -0.3 is 16.2 Å². The highest BCUT2D eigenvalue weighted by Crippen LogP contribution is 2.25. The number of nitrogens with two attached hydrogens (primary N) is 1. The number of piperidine rings is 1. The second-order valence-corrected chi connectivity index (χ2v) is 6.59. The van der Waals surface area contributed by atoms with Crippen molar-refractivity contribution in [1.29, 1.82) is 0 Å². The molecule has 1 saturated heterocycles. The Kier molecular flexibility index (Phi) is 5.70. The predicted molar refractivity (Wildman–Crippen MR) is 95.4 cm³/mol. The number of nitrogens with one attached hydrogen (secondary N) is 1. The van der Waals surface area contributed by atoms with Gasteiger partial charge in [-0.05, 0) is 19.8 Å². The highest BCUT2D eigenvalue weighted by molar-refractivity contribution is 7.11. The van der Waals surface area contributed by atoms with Gasteiger partial charge in [0.1, 0.15) is 11.9 Å². The van der Waals surface area contributed by atoms with Gasteiger partial charge in [0.2, 0.25) is 5.91 Å². The molecule has 3 rings (SSSR count). The lowest BCUT2D eigenvalue weighted by Gasteiger charge is -2.26. The zero-order chi connectivity index (χ0) is 18.7. The standard InChI is InChI=1S/C14H16N4O2S.C2H4O2/c1-7-3-4-10(13(19)16-7)18-8(2)17-12-9(14(18)20)6-21-11(12)5-15;1-2(3)4/h6,10H,1,3-5,15H2,2H3,(H,16,19);1H3,(H,3,4). The Bertz CT molecular complexity index is 895. The highest BCUT2D eigenvalue weighted by Gasteiger charge is 2.28. The van der Waals surface area contributed by atoms with E-state index in [4.69, 9.17) is 15.6 Å². The molecule has 0 bridgehead atoms. The molecule has 0 radical (unpaired) electrons. The summed E-state index contributed by atoms with van der Waals surface area (Å²) in [5.41, 5.74) is 6.83. The van der Waals surface area contributed by atoms with Gasteiger partial charge in [0, 0.05) is 29.4 Å². The number of aliphatic carboxylic acids is 1. The van der Waals surface area contributed by atoms with Crippen molar-refractivity contribution >= 4 is 34.1 Å². The quantitative estimate of drug-likeness (QED) is 0.736. The van der Waals surface area contributed by atoms with Crippen molar-refractivity contribution in [3.63, 3.8) is 0 Å². The average Bonchev–Trinajstić information content (AvgIpc) is 2.91. The highest BCUT2D eigenvalue weighted by atomic mass is 32.1. The van der Waals surface area contributed by atoms with Crippen LogP contribution in [-0.2, 0) is 16.1 Å². The molecular weight excluding hydrogens is 344 g/mol. The molecule has 1 atom stereocenters. The van der Waals surface area contributed by atoms with Gasteiger partial charge >= 0.3 is 0 Å². The smallest absolute Gasteiger partial charge is 0.300 e. The third-order valence-electron chi connectivity index (χ3n) is 3.73. The summed E-state index contributed by atoms with van der Waals surface area (Å²) in [5, 5.41) is 12.4. The molecule has 4 N–H and O–H groups in total. The first-order chi connectivity index (χ1) is 11.8. The van der Waals surface area contributed by atoms with E-state index in [1.54, 1.807) is 12.3 Å². The normalized spacial score (nSPS) is 17.0. The third kappa shape index (κ3) is 3.94. The molecule has 1 amide bonds. The van der Waals surface area contributed by atoms with Gasteiger partial charge in [0.05, 0.1) is 10.9 Å². The minimum absolute atomic E-state index is 0.180. The van der Waals surface area contributed by atoms with Crippen LogP contribution in [0, 0.1) is 6.92 Å². The van der Waals surface area contributed by atoms with Crippen molar-refractivity contribution in [2.24, 2.45) is 5.73 Å². The van der Waals surface area contributed by atoms with E-state index in [2.05, 4.69) is 16.9 Å². The summed E-state index contributed by atoms with van der Waals surface area (Å²) < 4.78 is 1.48. The van der Waals surface area contributed by atoms with Crippen LogP contribution < -0.4 is 16.6 Å². The molecule has 2 aromatic heterocycles. The van der Waals surface area contributed by atoms with Crippen LogP contribution in [0.3, 0.4) is 0 Å². The molecule has 2 aromatic rings. The summed E-state index contributed by atoms with van der Waals surface area (Å²) in [6.45, 7) is 6.94. The monoisotopic (exact) mass is 364 g/mol. The van der Waals surface area contributed by atoms with Crippen LogP contribution in [0.1, 0.15) is 36.5 Å². The number of aromatic nitrogens is 2. The Morgan fingerprint density at radius 3 is 2.76 bits per heavy atom. The molecule has 0 spiro atoms. The Labute approximate surface area is 148 Å². The van der Waals surface area contributed by atoms with Crippen LogP contribution in [0.15, 0.2) is 22.5 Å². The first kappa shape index (κ1) is 18.8. The van der Waals surface area contributed by atoms with Gasteiger partial charge in [0.25, 0.3) is 11.5 Å². The van der Waals surface area contributed by atoms with Crippen molar-refractivity contribution in [3.05, 3.63) is 38.7 Å². The van der Waals surface area contributed by atoms with E-state index >= 15 is 0 Å². The van der Waals surface area contributed by atoms with Crippen LogP contribution in [0.2, 0.25) is 0 Å². The molecule has 0 saturated carbocycles. The Morgan fingerprint density at radius 2 is 2.20 bits per heavy atom. The van der Waals surface area contributed by atoms with E-state index in [-0.39, 0.29) is 11.5 Å². The molecule has 8 nitrogen and oxygen atoms in total. The minimum Gasteiger partial charge on any atom is -0.481 e. The summed E-state index contributed by atoms with van der Waals surface area (Å²) in [6, 6.07) is -0.527. The van der Waals surface area contributed by atoms with Crippen molar-refractivity contribution in [1.82, 2.24) is 14.9 Å². The second-order valence-electron chi connectivity index (χ2n) is 5.63. The lowest BCUT2D eigenvalue weighted by molar-refractivity contribution is -0.134. The Morgan fingerprint density at radius 1 is 1.56 bits per heavy atom. The van der Waals surface area contributed by atoms with E-state index in [1.165, 1.54) is 15.9 Å². The number of carboxylic acid groups (broad SMARTS) is 1. The Hall–Kier alpha value is -2.52. The van der Waals surface area contributed by atoms with E-state index in [1.807, 2.05) is 0 Å². The summed E-state index contributed by atoms with van der Waals surface area (Å²) in [7, 11) is 0. The molecular formula is C16H20N4O4S. The fraction of sp³-hybridized carbons (Fsp3) is 0.375. The largest absolute Gasteiger partial charge is 0.481 e. The summed E-state index contributed by atoms with van der Waals surface area (Å²) in [4.78, 5) is 39.2. The second kappa shape index (κ2) is 7.58. The molecule has 1 unspecified atom stereocenters. The number of carbonyl (C=O) groups excluding carboxylic acids is 1. The van der Waals surface area contributed by atoms with Gasteiger partial charge in [-0.3, -0.25) is 19.0 Å². The fourth-order valence-electron chi connectivity index (χ4n) is 2.68. The molecule has 25 heavy (non-hydrogen) atoms. The van der Waals surface area contributed by atoms with Gasteiger partial charge in [-0.1, -0.05) is 6.58 Å². The molecule has 1 aliphatic heterocycles. The number of carboxylic acids is 1. The van der Waals surface area contributed by atoms with Crippen molar-refractivity contribution in [2.75, 3.05) is 0 Å². The van der Waals surface area contributed by atoms with Crippen LogP contribution in [0.4, 0.5) is 0 Å². The fourth-order valence-corrected chi connectivity index (χ4v) is 3.51. The molecule has 1 fully saturated rings. The molecule has 134 valence electrons. The van der Waals surface area contributed by atoms with E-state index in [9.17, 15) is 9.59 Å². The zero-order valence-corrected chi connectivity index (χ0v) is 14.9. The van der Waals surface area contributed by atoms with Crippen molar-refractivity contribution in [3.8, 4) is 0 Å². The molecule has 9 heteroatoms. The van der Waals surface area contributed by atoms with Gasteiger partial charge in [-0.15, -0.1) is 11.3 Å². The van der Waals surface area contributed by atoms with Crippen LogP contribution in [0.25, 0.3) is 10.9 Å². The molecule has 3 heterocycles. The van der Waals surface area contributed by atoms with Gasteiger partial charge in [-0.2, -0.15) is 0 Å². The zero-order valence-electron chi connectivity index (χ0n) is 14.0. The predicted octanol–water partition coefficient (Wildman–Crippen LogP) is 1.28. The van der Waals surface area contributed by atoms with Crippen LogP contribution in [0.5, 0.6) is 0 Å². The van der Waals surface area contributed by atoms with Crippen molar-refractivity contribution < 1.29 is 14.7 Å². The maximum atomic E-state index is 12.7.